The van der Waals surface area contributed by atoms with Crippen LogP contribution in [0, 0.1) is 11.8 Å². The third kappa shape index (κ3) is 3.93. The SMILES string of the molecule is CNC(=O)CN1CCC(NC(=O)C2CNCC2C)CC1. The zero-order valence-corrected chi connectivity index (χ0v) is 12.4. The molecule has 0 saturated carbocycles. The van der Waals surface area contributed by atoms with Gasteiger partial charge < -0.3 is 16.0 Å². The van der Waals surface area contributed by atoms with Crippen molar-refractivity contribution in [3.63, 3.8) is 0 Å². The van der Waals surface area contributed by atoms with E-state index in [1.807, 2.05) is 0 Å². The van der Waals surface area contributed by atoms with Crippen molar-refractivity contribution in [1.29, 1.82) is 0 Å². The van der Waals surface area contributed by atoms with E-state index in [0.29, 0.717) is 12.5 Å². The molecule has 2 atom stereocenters. The van der Waals surface area contributed by atoms with E-state index >= 15 is 0 Å². The summed E-state index contributed by atoms with van der Waals surface area (Å²) >= 11 is 0. The van der Waals surface area contributed by atoms with Crippen LogP contribution in [0.25, 0.3) is 0 Å². The molecule has 2 heterocycles. The molecule has 6 heteroatoms. The Morgan fingerprint density at radius 1 is 1.25 bits per heavy atom. The topological polar surface area (TPSA) is 73.5 Å². The minimum absolute atomic E-state index is 0.0540. The summed E-state index contributed by atoms with van der Waals surface area (Å²) in [6.07, 6.45) is 1.86. The van der Waals surface area contributed by atoms with E-state index < -0.39 is 0 Å². The van der Waals surface area contributed by atoms with Crippen molar-refractivity contribution in [2.24, 2.45) is 11.8 Å². The molecular formula is C14H26N4O2. The highest BCUT2D eigenvalue weighted by molar-refractivity contribution is 5.80. The van der Waals surface area contributed by atoms with Crippen LogP contribution in [-0.4, -0.2) is 62.5 Å². The second-order valence-corrected chi connectivity index (χ2v) is 5.97. The normalized spacial score (nSPS) is 28.3. The molecule has 2 rings (SSSR count). The average molecular weight is 282 g/mol. The Morgan fingerprint density at radius 2 is 1.95 bits per heavy atom. The number of amides is 2. The summed E-state index contributed by atoms with van der Waals surface area (Å²) in [7, 11) is 1.66. The van der Waals surface area contributed by atoms with E-state index in [1.165, 1.54) is 0 Å². The second-order valence-electron chi connectivity index (χ2n) is 5.97. The van der Waals surface area contributed by atoms with Crippen LogP contribution in [0.2, 0.25) is 0 Å². The fraction of sp³-hybridized carbons (Fsp3) is 0.857. The van der Waals surface area contributed by atoms with Gasteiger partial charge in [-0.1, -0.05) is 6.92 Å². The van der Waals surface area contributed by atoms with Crippen molar-refractivity contribution < 1.29 is 9.59 Å². The highest BCUT2D eigenvalue weighted by Crippen LogP contribution is 2.17. The lowest BCUT2D eigenvalue weighted by atomic mass is 9.96. The van der Waals surface area contributed by atoms with Gasteiger partial charge in [0.25, 0.3) is 0 Å². The largest absolute Gasteiger partial charge is 0.358 e. The molecule has 2 unspecified atom stereocenters. The lowest BCUT2D eigenvalue weighted by molar-refractivity contribution is -0.127. The van der Waals surface area contributed by atoms with E-state index in [9.17, 15) is 9.59 Å². The van der Waals surface area contributed by atoms with Crippen LogP contribution >= 0.6 is 0 Å². The molecule has 0 aliphatic carbocycles. The molecule has 2 saturated heterocycles. The number of hydrogen-bond acceptors (Lipinski definition) is 4. The molecule has 0 aromatic carbocycles. The molecule has 0 aromatic rings. The number of piperidine rings is 1. The van der Waals surface area contributed by atoms with Crippen LogP contribution < -0.4 is 16.0 Å². The molecular weight excluding hydrogens is 256 g/mol. The fourth-order valence-corrected chi connectivity index (χ4v) is 2.99. The van der Waals surface area contributed by atoms with E-state index in [2.05, 4.69) is 27.8 Å². The first kappa shape index (κ1) is 15.3. The highest BCUT2D eigenvalue weighted by atomic mass is 16.2. The van der Waals surface area contributed by atoms with E-state index in [4.69, 9.17) is 0 Å². The maximum absolute atomic E-state index is 12.2. The summed E-state index contributed by atoms with van der Waals surface area (Å²) in [5.74, 6) is 0.771. The van der Waals surface area contributed by atoms with Crippen LogP contribution in [0.5, 0.6) is 0 Å². The van der Waals surface area contributed by atoms with Crippen molar-refractivity contribution in [2.45, 2.75) is 25.8 Å². The first-order valence-electron chi connectivity index (χ1n) is 7.54. The predicted octanol–water partition coefficient (Wildman–Crippen LogP) is -0.831. The summed E-state index contributed by atoms with van der Waals surface area (Å²) in [5.41, 5.74) is 0. The lowest BCUT2D eigenvalue weighted by Crippen LogP contribution is -2.48. The Labute approximate surface area is 120 Å². The molecule has 0 aromatic heterocycles. The molecule has 2 amide bonds. The van der Waals surface area contributed by atoms with Gasteiger partial charge in [-0.25, -0.2) is 0 Å². The van der Waals surface area contributed by atoms with Gasteiger partial charge in [0.05, 0.1) is 12.5 Å². The number of nitrogens with zero attached hydrogens (tertiary/aromatic N) is 1. The summed E-state index contributed by atoms with van der Waals surface area (Å²) in [4.78, 5) is 25.7. The van der Waals surface area contributed by atoms with Crippen molar-refractivity contribution in [1.82, 2.24) is 20.9 Å². The van der Waals surface area contributed by atoms with Gasteiger partial charge in [-0.15, -0.1) is 0 Å². The molecule has 3 N–H and O–H groups in total. The number of hydrogen-bond donors (Lipinski definition) is 3. The first-order valence-corrected chi connectivity index (χ1v) is 7.54. The van der Waals surface area contributed by atoms with Crippen LogP contribution in [0.1, 0.15) is 19.8 Å². The van der Waals surface area contributed by atoms with Gasteiger partial charge in [0.2, 0.25) is 11.8 Å². The average Bonchev–Trinajstić information content (AvgIpc) is 2.87. The Kier molecular flexibility index (Phi) is 5.37. The van der Waals surface area contributed by atoms with Gasteiger partial charge >= 0.3 is 0 Å². The van der Waals surface area contributed by atoms with Crippen molar-refractivity contribution in [3.05, 3.63) is 0 Å². The first-order chi connectivity index (χ1) is 9.60. The molecule has 114 valence electrons. The number of rotatable bonds is 4. The highest BCUT2D eigenvalue weighted by Gasteiger charge is 2.31. The third-order valence-electron chi connectivity index (χ3n) is 4.43. The van der Waals surface area contributed by atoms with Crippen LogP contribution in [-0.2, 0) is 9.59 Å². The van der Waals surface area contributed by atoms with Crippen molar-refractivity contribution >= 4 is 11.8 Å². The zero-order valence-electron chi connectivity index (χ0n) is 12.4. The van der Waals surface area contributed by atoms with Crippen LogP contribution in [0.3, 0.4) is 0 Å². The maximum Gasteiger partial charge on any atom is 0.233 e. The van der Waals surface area contributed by atoms with Crippen molar-refractivity contribution in [2.75, 3.05) is 39.8 Å². The standard InChI is InChI=1S/C14H26N4O2/c1-10-7-16-8-12(10)14(20)17-11-3-5-18(6-4-11)9-13(19)15-2/h10-12,16H,3-9H2,1-2H3,(H,15,19)(H,17,20). The Hall–Kier alpha value is -1.14. The molecule has 2 aliphatic heterocycles. The van der Waals surface area contributed by atoms with E-state index in [1.54, 1.807) is 7.05 Å². The van der Waals surface area contributed by atoms with Crippen LogP contribution in [0.4, 0.5) is 0 Å². The number of likely N-dealkylation sites (N-methyl/N-ethyl adjacent to an activating group) is 1. The van der Waals surface area contributed by atoms with Gasteiger partial charge in [0.15, 0.2) is 0 Å². The molecule has 20 heavy (non-hydrogen) atoms. The molecule has 0 bridgehead atoms. The summed E-state index contributed by atoms with van der Waals surface area (Å²) < 4.78 is 0. The smallest absolute Gasteiger partial charge is 0.233 e. The van der Waals surface area contributed by atoms with Gasteiger partial charge in [0.1, 0.15) is 0 Å². The molecule has 0 radical (unpaired) electrons. The lowest BCUT2D eigenvalue weighted by Gasteiger charge is -2.32. The molecule has 2 aliphatic rings. The summed E-state index contributed by atoms with van der Waals surface area (Å²) in [6.45, 7) is 6.05. The maximum atomic E-state index is 12.2. The van der Waals surface area contributed by atoms with Crippen LogP contribution in [0.15, 0.2) is 0 Å². The second kappa shape index (κ2) is 7.04. The fourth-order valence-electron chi connectivity index (χ4n) is 2.99. The number of likely N-dealkylation sites (tertiary alicyclic amines) is 1. The van der Waals surface area contributed by atoms with Crippen molar-refractivity contribution in [3.8, 4) is 0 Å². The summed E-state index contributed by atoms with van der Waals surface area (Å²) in [6, 6.07) is 0.260. The number of nitrogens with one attached hydrogen (secondary N) is 3. The Balaban J connectivity index is 1.71. The monoisotopic (exact) mass is 282 g/mol. The minimum atomic E-state index is 0.0540. The van der Waals surface area contributed by atoms with Gasteiger partial charge in [-0.2, -0.15) is 0 Å². The van der Waals surface area contributed by atoms with Gasteiger partial charge in [0, 0.05) is 32.7 Å². The minimum Gasteiger partial charge on any atom is -0.358 e. The zero-order chi connectivity index (χ0) is 14.5. The Morgan fingerprint density at radius 3 is 2.50 bits per heavy atom. The number of carbonyl (C=O) groups is 2. The molecule has 6 nitrogen and oxygen atoms in total. The van der Waals surface area contributed by atoms with E-state index in [-0.39, 0.29) is 23.8 Å². The molecule has 0 spiro atoms. The number of carbonyl (C=O) groups excluding carboxylic acids is 2. The van der Waals surface area contributed by atoms with E-state index in [0.717, 1.165) is 39.0 Å². The Bertz CT molecular complexity index is 353. The predicted molar refractivity (Wildman–Crippen MR) is 77.2 cm³/mol. The van der Waals surface area contributed by atoms with Gasteiger partial charge in [-0.3, -0.25) is 14.5 Å². The third-order valence-corrected chi connectivity index (χ3v) is 4.43. The molecule has 2 fully saturated rings. The van der Waals surface area contributed by atoms with Gasteiger partial charge in [-0.05, 0) is 25.3 Å². The quantitative estimate of drug-likeness (QED) is 0.629. The summed E-state index contributed by atoms with van der Waals surface area (Å²) in [5, 5.41) is 9.08.